The van der Waals surface area contributed by atoms with Gasteiger partial charge in [-0.05, 0) is 80.9 Å². The summed E-state index contributed by atoms with van der Waals surface area (Å²) in [5.74, 6) is 1.56. The molecule has 2 heterocycles. The van der Waals surface area contributed by atoms with Crippen molar-refractivity contribution < 1.29 is 14.6 Å². The number of para-hydroxylation sites is 1. The Morgan fingerprint density at radius 1 is 1.11 bits per heavy atom. The van der Waals surface area contributed by atoms with Gasteiger partial charge in [0, 0.05) is 0 Å². The molecule has 0 unspecified atom stereocenters. The molecule has 8 heteroatoms. The third-order valence-corrected chi connectivity index (χ3v) is 8.02. The minimum absolute atomic E-state index is 0.173. The first kappa shape index (κ1) is 26.3. The van der Waals surface area contributed by atoms with E-state index in [0.29, 0.717) is 30.6 Å². The zero-order chi connectivity index (χ0) is 26.9. The summed E-state index contributed by atoms with van der Waals surface area (Å²) in [4.78, 5) is 15.7. The molecular weight excluding hydrogens is 478 g/mol. The number of urea groups is 1. The number of aromatic nitrogens is 2. The fourth-order valence-electron chi connectivity index (χ4n) is 5.74. The maximum Gasteiger partial charge on any atom is 0.320 e. The Labute approximate surface area is 225 Å². The number of nitrogens with one attached hydrogen (secondary N) is 2. The maximum atomic E-state index is 13.4. The Morgan fingerprint density at radius 3 is 2.53 bits per heavy atom. The van der Waals surface area contributed by atoms with Crippen LogP contribution in [-0.4, -0.2) is 58.7 Å². The summed E-state index contributed by atoms with van der Waals surface area (Å²) < 4.78 is 7.93. The number of ether oxygens (including phenoxy) is 1. The molecule has 3 N–H and O–H groups in total. The lowest BCUT2D eigenvalue weighted by molar-refractivity contribution is 0.0883. The normalized spacial score (nSPS) is 21.5. The molecule has 2 aliphatic rings. The molecule has 8 nitrogen and oxygen atoms in total. The van der Waals surface area contributed by atoms with Gasteiger partial charge in [-0.1, -0.05) is 56.3 Å². The smallest absolute Gasteiger partial charge is 0.320 e. The van der Waals surface area contributed by atoms with Crippen molar-refractivity contribution in [3.8, 4) is 11.6 Å². The Kier molecular flexibility index (Phi) is 7.45. The third kappa shape index (κ3) is 5.42. The Bertz CT molecular complexity index is 1260. The molecule has 5 rings (SSSR count). The number of hydrogen-bond acceptors (Lipinski definition) is 5. The summed E-state index contributed by atoms with van der Waals surface area (Å²) in [5, 5.41) is 21.8. The van der Waals surface area contributed by atoms with Crippen molar-refractivity contribution in [3.05, 3.63) is 71.3 Å². The Balaban J connectivity index is 1.37. The van der Waals surface area contributed by atoms with Crippen molar-refractivity contribution in [1.82, 2.24) is 20.0 Å². The van der Waals surface area contributed by atoms with E-state index in [1.165, 1.54) is 0 Å². The summed E-state index contributed by atoms with van der Waals surface area (Å²) in [7, 11) is 2.15. The number of piperidine rings is 1. The van der Waals surface area contributed by atoms with Gasteiger partial charge in [0.15, 0.2) is 0 Å². The highest BCUT2D eigenvalue weighted by atomic mass is 16.5. The van der Waals surface area contributed by atoms with Gasteiger partial charge in [0.25, 0.3) is 0 Å². The molecule has 0 bridgehead atoms. The zero-order valence-electron chi connectivity index (χ0n) is 22.8. The standard InChI is InChI=1S/C30H39N5O3/c1-20-27(32-29(37)31-26-23-12-8-9-13-24(23)30(2,3)18-25(26)36)35(22-10-6-5-7-11-22)33-28(20)38-19-21-14-16-34(4)17-15-21/h5-13,21,25-26,36H,14-19H2,1-4H3,(H2,31,32,37)/t25-,26-/m1/s1. The summed E-state index contributed by atoms with van der Waals surface area (Å²) in [6, 6.07) is 16.8. The number of carbonyl (C=O) groups excluding carboxylic acids is 1. The van der Waals surface area contributed by atoms with E-state index in [1.54, 1.807) is 4.68 Å². The second-order valence-corrected chi connectivity index (χ2v) is 11.4. The number of hydrogen-bond donors (Lipinski definition) is 3. The van der Waals surface area contributed by atoms with Crippen LogP contribution >= 0.6 is 0 Å². The monoisotopic (exact) mass is 517 g/mol. The van der Waals surface area contributed by atoms with Gasteiger partial charge in [-0.2, -0.15) is 0 Å². The molecule has 1 saturated heterocycles. The Hall–Kier alpha value is -3.36. The molecule has 0 spiro atoms. The second kappa shape index (κ2) is 10.8. The first-order chi connectivity index (χ1) is 18.2. The van der Waals surface area contributed by atoms with E-state index in [9.17, 15) is 9.90 Å². The van der Waals surface area contributed by atoms with Crippen LogP contribution in [0.3, 0.4) is 0 Å². The van der Waals surface area contributed by atoms with Gasteiger partial charge in [-0.3, -0.25) is 5.32 Å². The average molecular weight is 518 g/mol. The van der Waals surface area contributed by atoms with Crippen LogP contribution in [0.4, 0.5) is 10.6 Å². The quantitative estimate of drug-likeness (QED) is 0.437. The van der Waals surface area contributed by atoms with Crippen molar-refractivity contribution >= 4 is 11.8 Å². The first-order valence-electron chi connectivity index (χ1n) is 13.5. The van der Waals surface area contributed by atoms with Crippen molar-refractivity contribution in [1.29, 1.82) is 0 Å². The van der Waals surface area contributed by atoms with Gasteiger partial charge in [0.2, 0.25) is 5.88 Å². The van der Waals surface area contributed by atoms with E-state index in [4.69, 9.17) is 9.84 Å². The summed E-state index contributed by atoms with van der Waals surface area (Å²) in [5.41, 5.74) is 3.51. The lowest BCUT2D eigenvalue weighted by atomic mass is 9.70. The average Bonchev–Trinajstić information content (AvgIpc) is 3.21. The number of rotatable bonds is 6. The third-order valence-electron chi connectivity index (χ3n) is 8.02. The molecule has 0 radical (unpaired) electrons. The molecule has 2 amide bonds. The molecule has 1 aliphatic carbocycles. The van der Waals surface area contributed by atoms with Crippen molar-refractivity contribution in [2.24, 2.45) is 5.92 Å². The lowest BCUT2D eigenvalue weighted by Crippen LogP contribution is -2.45. The van der Waals surface area contributed by atoms with E-state index in [-0.39, 0.29) is 5.41 Å². The van der Waals surface area contributed by atoms with Crippen LogP contribution in [0.2, 0.25) is 0 Å². The number of nitrogens with zero attached hydrogens (tertiary/aromatic N) is 3. The van der Waals surface area contributed by atoms with Crippen LogP contribution in [0.1, 0.15) is 55.8 Å². The minimum Gasteiger partial charge on any atom is -0.476 e. The van der Waals surface area contributed by atoms with Crippen LogP contribution in [0.25, 0.3) is 5.69 Å². The Morgan fingerprint density at radius 2 is 1.79 bits per heavy atom. The number of aliphatic hydroxyl groups is 1. The van der Waals surface area contributed by atoms with Gasteiger partial charge in [-0.15, -0.1) is 5.10 Å². The second-order valence-electron chi connectivity index (χ2n) is 11.4. The first-order valence-corrected chi connectivity index (χ1v) is 13.5. The van der Waals surface area contributed by atoms with Gasteiger partial charge in [0.05, 0.1) is 30.0 Å². The molecule has 202 valence electrons. The fourth-order valence-corrected chi connectivity index (χ4v) is 5.74. The summed E-state index contributed by atoms with van der Waals surface area (Å²) in [6.07, 6.45) is 2.07. The summed E-state index contributed by atoms with van der Waals surface area (Å²) in [6.45, 7) is 8.92. The number of amides is 2. The van der Waals surface area contributed by atoms with Crippen LogP contribution in [-0.2, 0) is 5.41 Å². The lowest BCUT2D eigenvalue weighted by Gasteiger charge is -2.40. The van der Waals surface area contributed by atoms with Crippen LogP contribution < -0.4 is 15.4 Å². The number of aliphatic hydroxyl groups excluding tert-OH is 1. The molecule has 1 aromatic heterocycles. The van der Waals surface area contributed by atoms with Crippen molar-refractivity contribution in [2.45, 2.75) is 57.6 Å². The van der Waals surface area contributed by atoms with E-state index >= 15 is 0 Å². The van der Waals surface area contributed by atoms with E-state index < -0.39 is 18.2 Å². The number of benzene rings is 2. The predicted molar refractivity (Wildman–Crippen MR) is 149 cm³/mol. The van der Waals surface area contributed by atoms with Crippen molar-refractivity contribution in [3.63, 3.8) is 0 Å². The molecule has 2 atom stereocenters. The minimum atomic E-state index is -0.695. The molecule has 38 heavy (non-hydrogen) atoms. The topological polar surface area (TPSA) is 91.7 Å². The van der Waals surface area contributed by atoms with Crippen LogP contribution in [0, 0.1) is 12.8 Å². The van der Waals surface area contributed by atoms with Gasteiger partial charge >= 0.3 is 6.03 Å². The largest absolute Gasteiger partial charge is 0.476 e. The van der Waals surface area contributed by atoms with Crippen LogP contribution in [0.15, 0.2) is 54.6 Å². The number of likely N-dealkylation sites (tertiary alicyclic amines) is 1. The van der Waals surface area contributed by atoms with E-state index in [1.807, 2.05) is 55.5 Å². The highest BCUT2D eigenvalue weighted by Gasteiger charge is 2.39. The van der Waals surface area contributed by atoms with Gasteiger partial charge < -0.3 is 20.1 Å². The molecule has 2 aromatic carbocycles. The van der Waals surface area contributed by atoms with Crippen LogP contribution in [0.5, 0.6) is 5.88 Å². The van der Waals surface area contributed by atoms with Crippen molar-refractivity contribution in [2.75, 3.05) is 32.1 Å². The highest BCUT2D eigenvalue weighted by Crippen LogP contribution is 2.41. The molecule has 3 aromatic rings. The number of fused-ring (bicyclic) bond motifs is 1. The molecule has 0 saturated carbocycles. The molecule has 1 aliphatic heterocycles. The van der Waals surface area contributed by atoms with Gasteiger partial charge in [-0.25, -0.2) is 9.48 Å². The number of anilines is 1. The fraction of sp³-hybridized carbons (Fsp3) is 0.467. The SMILES string of the molecule is Cc1c(OCC2CCN(C)CC2)nn(-c2ccccc2)c1NC(=O)N[C@@H]1c2ccccc2C(C)(C)C[C@H]1O. The molecule has 1 fully saturated rings. The van der Waals surface area contributed by atoms with Gasteiger partial charge in [0.1, 0.15) is 5.82 Å². The van der Waals surface area contributed by atoms with E-state index in [2.05, 4.69) is 42.5 Å². The molecular formula is C30H39N5O3. The maximum absolute atomic E-state index is 13.4. The predicted octanol–water partition coefficient (Wildman–Crippen LogP) is 4.81. The highest BCUT2D eigenvalue weighted by molar-refractivity contribution is 5.90. The zero-order valence-corrected chi connectivity index (χ0v) is 22.8. The number of carbonyl (C=O) groups is 1. The van der Waals surface area contributed by atoms with E-state index in [0.717, 1.165) is 48.3 Å². The summed E-state index contributed by atoms with van der Waals surface area (Å²) >= 11 is 0.